The van der Waals surface area contributed by atoms with Crippen LogP contribution in [0.4, 0.5) is 0 Å². The molecule has 0 aliphatic rings. The van der Waals surface area contributed by atoms with E-state index in [0.29, 0.717) is 0 Å². The minimum atomic E-state index is 0.805. The summed E-state index contributed by atoms with van der Waals surface area (Å²) in [5.74, 6) is 0. The van der Waals surface area contributed by atoms with Gasteiger partial charge in [-0.25, -0.2) is 9.98 Å². The summed E-state index contributed by atoms with van der Waals surface area (Å²) in [6, 6.07) is 0. The van der Waals surface area contributed by atoms with Gasteiger partial charge in [-0.05, 0) is 37.3 Å². The first-order valence-corrected chi connectivity index (χ1v) is 4.80. The van der Waals surface area contributed by atoms with Gasteiger partial charge in [0, 0.05) is 13.1 Å². The van der Waals surface area contributed by atoms with Gasteiger partial charge in [0.05, 0.1) is 10.3 Å². The molecule has 0 aliphatic heterocycles. The molecule has 0 N–H and O–H groups in total. The molecule has 4 heteroatoms. The lowest BCUT2D eigenvalue weighted by Crippen LogP contribution is -1.84. The van der Waals surface area contributed by atoms with Crippen molar-refractivity contribution in [3.63, 3.8) is 0 Å². The smallest absolute Gasteiger partial charge is 0.0584 e. The Kier molecular flexibility index (Phi) is 10.2. The largest absolute Gasteiger partial charge is 0.233 e. The molecule has 0 saturated heterocycles. The van der Waals surface area contributed by atoms with Crippen molar-refractivity contribution in [1.29, 1.82) is 0 Å². The summed E-state index contributed by atoms with van der Waals surface area (Å²) in [5.41, 5.74) is 0. The molecule has 0 amide bonds. The van der Waals surface area contributed by atoms with Crippen molar-refractivity contribution in [2.24, 2.45) is 9.98 Å². The monoisotopic (exact) mass is 200 g/mol. The van der Waals surface area contributed by atoms with Crippen molar-refractivity contribution in [2.75, 3.05) is 13.1 Å². The van der Waals surface area contributed by atoms with E-state index in [-0.39, 0.29) is 0 Å². The van der Waals surface area contributed by atoms with E-state index < -0.39 is 0 Å². The van der Waals surface area contributed by atoms with Crippen molar-refractivity contribution >= 4 is 34.8 Å². The van der Waals surface area contributed by atoms with Gasteiger partial charge in [-0.2, -0.15) is 0 Å². The molecule has 0 unspecified atom stereocenters. The normalized spacial score (nSPS) is 8.33. The Morgan fingerprint density at radius 1 is 0.750 bits per heavy atom. The lowest BCUT2D eigenvalue weighted by Gasteiger charge is -1.94. The van der Waals surface area contributed by atoms with E-state index in [1.54, 1.807) is 0 Å². The third-order valence-electron chi connectivity index (χ3n) is 1.42. The van der Waals surface area contributed by atoms with E-state index >= 15 is 0 Å². The Morgan fingerprint density at radius 3 is 1.50 bits per heavy atom. The summed E-state index contributed by atoms with van der Waals surface area (Å²) in [5, 5.41) is 4.69. The molecule has 0 radical (unpaired) electrons. The van der Waals surface area contributed by atoms with Gasteiger partial charge < -0.3 is 0 Å². The maximum atomic E-state index is 4.44. The summed E-state index contributed by atoms with van der Waals surface area (Å²) in [6.45, 7) is 1.61. The van der Waals surface area contributed by atoms with E-state index in [0.717, 1.165) is 25.9 Å². The molecule has 0 rings (SSSR count). The molecule has 0 aromatic rings. The quantitative estimate of drug-likeness (QED) is 0.358. The lowest BCUT2D eigenvalue weighted by molar-refractivity contribution is 0.656. The van der Waals surface area contributed by atoms with Crippen LogP contribution in [0.1, 0.15) is 25.7 Å². The topological polar surface area (TPSA) is 24.7 Å². The van der Waals surface area contributed by atoms with Crippen LogP contribution in [-0.4, -0.2) is 23.4 Å². The lowest BCUT2D eigenvalue weighted by atomic mass is 10.2. The van der Waals surface area contributed by atoms with Crippen LogP contribution < -0.4 is 0 Å². The molecule has 66 valence electrons. The average Bonchev–Trinajstić information content (AvgIpc) is 2.10. The predicted octanol–water partition coefficient (Wildman–Crippen LogP) is 2.75. The van der Waals surface area contributed by atoms with Crippen LogP contribution in [0, 0.1) is 0 Å². The number of hydrogen-bond donors (Lipinski definition) is 0. The molecule has 12 heavy (non-hydrogen) atoms. The fourth-order valence-electron chi connectivity index (χ4n) is 0.827. The number of rotatable bonds is 7. The predicted molar refractivity (Wildman–Crippen MR) is 58.3 cm³/mol. The van der Waals surface area contributed by atoms with Crippen LogP contribution in [0.5, 0.6) is 0 Å². The standard InChI is InChI=1S/C8H12N2S2/c11-7-9-5-3-1-2-4-6-10-8-12/h1-6H2. The molecule has 0 fully saturated rings. The highest BCUT2D eigenvalue weighted by atomic mass is 32.1. The number of nitrogens with zero attached hydrogens (tertiary/aromatic N) is 2. The van der Waals surface area contributed by atoms with E-state index in [2.05, 4.69) is 44.7 Å². The third-order valence-corrected chi connectivity index (χ3v) is 1.68. The average molecular weight is 200 g/mol. The number of aliphatic imine (C=N–C) groups is 2. The minimum absolute atomic E-state index is 0.805. The van der Waals surface area contributed by atoms with Gasteiger partial charge in [-0.3, -0.25) is 0 Å². The van der Waals surface area contributed by atoms with Gasteiger partial charge in [-0.1, -0.05) is 12.8 Å². The Labute approximate surface area is 83.8 Å². The van der Waals surface area contributed by atoms with Crippen molar-refractivity contribution in [3.05, 3.63) is 0 Å². The highest BCUT2D eigenvalue weighted by Gasteiger charge is 1.87. The highest BCUT2D eigenvalue weighted by Crippen LogP contribution is 1.99. The van der Waals surface area contributed by atoms with E-state index in [1.165, 1.54) is 12.8 Å². The SMILES string of the molecule is S=C=NCCCCCCN=C=S. The fourth-order valence-corrected chi connectivity index (χ4v) is 1.01. The molecule has 2 nitrogen and oxygen atoms in total. The number of unbranched alkanes of at least 4 members (excludes halogenated alkanes) is 3. The second-order valence-corrected chi connectivity index (χ2v) is 2.73. The Morgan fingerprint density at radius 2 is 1.17 bits per heavy atom. The van der Waals surface area contributed by atoms with Crippen molar-refractivity contribution in [1.82, 2.24) is 0 Å². The molecule has 0 aliphatic carbocycles. The van der Waals surface area contributed by atoms with Crippen LogP contribution in [0.25, 0.3) is 0 Å². The van der Waals surface area contributed by atoms with Crippen molar-refractivity contribution in [2.45, 2.75) is 25.7 Å². The molecule has 0 bridgehead atoms. The minimum Gasteiger partial charge on any atom is -0.233 e. The number of thiocarbonyl (C=S) groups is 2. The third kappa shape index (κ3) is 9.60. The second kappa shape index (κ2) is 10.6. The van der Waals surface area contributed by atoms with Gasteiger partial charge in [-0.15, -0.1) is 0 Å². The summed E-state index contributed by atoms with van der Waals surface area (Å²) >= 11 is 8.87. The van der Waals surface area contributed by atoms with E-state index in [4.69, 9.17) is 0 Å². The Hall–Kier alpha value is -0.400. The second-order valence-electron chi connectivity index (χ2n) is 2.36. The molecule has 0 aromatic carbocycles. The van der Waals surface area contributed by atoms with E-state index in [1.807, 2.05) is 0 Å². The molecule has 0 aromatic heterocycles. The van der Waals surface area contributed by atoms with Gasteiger partial charge in [0.15, 0.2) is 0 Å². The van der Waals surface area contributed by atoms with Crippen LogP contribution in [-0.2, 0) is 0 Å². The molecule has 0 spiro atoms. The maximum Gasteiger partial charge on any atom is 0.0584 e. The molecular formula is C8H12N2S2. The number of isothiocyanates is 2. The molecular weight excluding hydrogens is 188 g/mol. The summed E-state index contributed by atoms with van der Waals surface area (Å²) in [6.07, 6.45) is 4.52. The number of hydrogen-bond acceptors (Lipinski definition) is 4. The zero-order valence-corrected chi connectivity index (χ0v) is 8.59. The summed E-state index contributed by atoms with van der Waals surface area (Å²) in [4.78, 5) is 7.64. The summed E-state index contributed by atoms with van der Waals surface area (Å²) in [7, 11) is 0. The first-order chi connectivity index (χ1) is 5.91. The highest BCUT2D eigenvalue weighted by molar-refractivity contribution is 7.78. The maximum absolute atomic E-state index is 4.44. The van der Waals surface area contributed by atoms with Gasteiger partial charge in [0.2, 0.25) is 0 Å². The van der Waals surface area contributed by atoms with Crippen LogP contribution in [0.15, 0.2) is 9.98 Å². The molecule has 0 atom stereocenters. The fraction of sp³-hybridized carbons (Fsp3) is 0.750. The van der Waals surface area contributed by atoms with Crippen LogP contribution in [0.3, 0.4) is 0 Å². The molecule has 0 saturated carbocycles. The Balaban J connectivity index is 3.00. The Bertz CT molecular complexity index is 169. The van der Waals surface area contributed by atoms with E-state index in [9.17, 15) is 0 Å². The van der Waals surface area contributed by atoms with Crippen LogP contribution in [0.2, 0.25) is 0 Å². The first-order valence-electron chi connectivity index (χ1n) is 3.99. The first kappa shape index (κ1) is 11.6. The van der Waals surface area contributed by atoms with Gasteiger partial charge in [0.25, 0.3) is 0 Å². The zero-order chi connectivity index (χ0) is 9.07. The van der Waals surface area contributed by atoms with Crippen molar-refractivity contribution in [3.8, 4) is 0 Å². The van der Waals surface area contributed by atoms with Crippen LogP contribution >= 0.6 is 24.4 Å². The van der Waals surface area contributed by atoms with Gasteiger partial charge >= 0.3 is 0 Å². The van der Waals surface area contributed by atoms with Crippen molar-refractivity contribution < 1.29 is 0 Å². The zero-order valence-electron chi connectivity index (χ0n) is 6.95. The molecule has 0 heterocycles. The summed E-state index contributed by atoms with van der Waals surface area (Å²) < 4.78 is 0. The van der Waals surface area contributed by atoms with Gasteiger partial charge in [0.1, 0.15) is 0 Å².